The van der Waals surface area contributed by atoms with Crippen LogP contribution in [0.5, 0.6) is 0 Å². The third-order valence-corrected chi connectivity index (χ3v) is 0.923. The molecule has 0 radical (unpaired) electrons. The average molecular weight is 152 g/mol. The molecule has 0 amide bonds. The number of aromatic nitrogens is 3. The van der Waals surface area contributed by atoms with Crippen LogP contribution in [0.3, 0.4) is 0 Å². The molecule has 56 valence electrons. The smallest absolute Gasteiger partial charge is 0.127 e. The lowest BCUT2D eigenvalue weighted by atomic mass is 10.6. The number of aryl methyl sites for hydroxylation is 1. The van der Waals surface area contributed by atoms with Crippen molar-refractivity contribution in [2.24, 2.45) is 0 Å². The van der Waals surface area contributed by atoms with Crippen LogP contribution < -0.4 is 4.68 Å². The molecule has 0 saturated heterocycles. The first-order chi connectivity index (χ1) is 4.50. The molecule has 0 saturated carbocycles. The van der Waals surface area contributed by atoms with E-state index in [1.165, 1.54) is 6.92 Å². The van der Waals surface area contributed by atoms with Gasteiger partial charge in [0.25, 0.3) is 0 Å². The summed E-state index contributed by atoms with van der Waals surface area (Å²) in [6, 6.07) is 0. The normalized spacial score (nSPS) is 12.0. The molecule has 1 aromatic rings. The molecule has 0 aliphatic carbocycles. The third kappa shape index (κ3) is 1.26. The number of nitrogens with zero attached hydrogens (tertiary/aromatic N) is 2. The standard InChI is InChI=1S/C4H4F3N3/c1-3-2-10(9-8-3)4(5,6)7/h2H,1H3/p+1. The van der Waals surface area contributed by atoms with E-state index in [4.69, 9.17) is 0 Å². The third-order valence-electron chi connectivity index (χ3n) is 0.923. The van der Waals surface area contributed by atoms with Gasteiger partial charge in [-0.3, -0.25) is 0 Å². The van der Waals surface area contributed by atoms with Gasteiger partial charge in [-0.2, -0.15) is 0 Å². The molecule has 6 heteroatoms. The average Bonchev–Trinajstić information content (AvgIpc) is 2.11. The van der Waals surface area contributed by atoms with Crippen LogP contribution in [0, 0.1) is 6.92 Å². The van der Waals surface area contributed by atoms with Gasteiger partial charge in [-0.25, -0.2) is 0 Å². The monoisotopic (exact) mass is 152 g/mol. The predicted molar refractivity (Wildman–Crippen MR) is 24.8 cm³/mol. The van der Waals surface area contributed by atoms with E-state index in [1.807, 2.05) is 0 Å². The summed E-state index contributed by atoms with van der Waals surface area (Å²) >= 11 is 0. The van der Waals surface area contributed by atoms with E-state index in [0.717, 1.165) is 6.20 Å². The van der Waals surface area contributed by atoms with Crippen LogP contribution in [0.15, 0.2) is 6.20 Å². The molecule has 0 unspecified atom stereocenters. The molecule has 0 aliphatic heterocycles. The molecule has 0 aliphatic rings. The number of nitrogens with one attached hydrogen (secondary N) is 1. The maximum absolute atomic E-state index is 11.7. The van der Waals surface area contributed by atoms with Gasteiger partial charge in [-0.05, 0) is 0 Å². The molecule has 0 bridgehead atoms. The van der Waals surface area contributed by atoms with Crippen molar-refractivity contribution in [1.29, 1.82) is 0 Å². The van der Waals surface area contributed by atoms with Crippen molar-refractivity contribution < 1.29 is 17.9 Å². The quantitative estimate of drug-likeness (QED) is 0.539. The minimum absolute atomic E-state index is 0.0116. The van der Waals surface area contributed by atoms with Crippen LogP contribution in [0.4, 0.5) is 13.2 Å². The molecule has 1 rings (SSSR count). The van der Waals surface area contributed by atoms with Gasteiger partial charge in [0.15, 0.2) is 6.20 Å². The first kappa shape index (κ1) is 7.04. The van der Waals surface area contributed by atoms with Gasteiger partial charge in [0.2, 0.25) is 5.69 Å². The minimum atomic E-state index is -4.39. The number of hydrogen-bond acceptors (Lipinski definition) is 1. The molecule has 3 nitrogen and oxygen atoms in total. The van der Waals surface area contributed by atoms with E-state index in [2.05, 4.69) is 5.10 Å². The van der Waals surface area contributed by atoms with Gasteiger partial charge in [-0.1, -0.05) is 9.90 Å². The maximum Gasteiger partial charge on any atom is 0.585 e. The Morgan fingerprint density at radius 1 is 1.60 bits per heavy atom. The Hall–Kier alpha value is -1.07. The predicted octanol–water partition coefficient (Wildman–Crippen LogP) is 0.482. The number of alkyl halides is 3. The highest BCUT2D eigenvalue weighted by atomic mass is 19.4. The van der Waals surface area contributed by atoms with Crippen molar-refractivity contribution in [3.63, 3.8) is 0 Å². The molecule has 1 heterocycles. The summed E-state index contributed by atoms with van der Waals surface area (Å²) in [7, 11) is 0. The van der Waals surface area contributed by atoms with Crippen LogP contribution >= 0.6 is 0 Å². The first-order valence-corrected chi connectivity index (χ1v) is 2.51. The van der Waals surface area contributed by atoms with Gasteiger partial charge in [0.05, 0.1) is 0 Å². The Labute approximate surface area is 54.5 Å². The molecular weight excluding hydrogens is 147 g/mol. The lowest BCUT2D eigenvalue weighted by Crippen LogP contribution is -2.48. The Bertz CT molecular complexity index is 226. The highest BCUT2D eigenvalue weighted by Crippen LogP contribution is 2.11. The van der Waals surface area contributed by atoms with Crippen molar-refractivity contribution in [2.45, 2.75) is 13.2 Å². The summed E-state index contributed by atoms with van der Waals surface area (Å²) in [4.78, 5) is 0. The second-order valence-electron chi connectivity index (χ2n) is 1.82. The summed E-state index contributed by atoms with van der Waals surface area (Å²) in [6.45, 7) is 1.47. The first-order valence-electron chi connectivity index (χ1n) is 2.51. The fourth-order valence-electron chi connectivity index (χ4n) is 0.507. The highest BCUT2D eigenvalue weighted by molar-refractivity contribution is 4.79. The zero-order valence-corrected chi connectivity index (χ0v) is 5.11. The zero-order chi connectivity index (χ0) is 7.78. The van der Waals surface area contributed by atoms with E-state index >= 15 is 0 Å². The molecule has 1 N–H and O–H groups in total. The van der Waals surface area contributed by atoms with E-state index < -0.39 is 6.30 Å². The molecule has 0 atom stereocenters. The van der Waals surface area contributed by atoms with Gasteiger partial charge in [0.1, 0.15) is 0 Å². The molecule has 0 fully saturated rings. The zero-order valence-electron chi connectivity index (χ0n) is 5.11. The van der Waals surface area contributed by atoms with E-state index in [-0.39, 0.29) is 4.68 Å². The minimum Gasteiger partial charge on any atom is -0.127 e. The van der Waals surface area contributed by atoms with Crippen LogP contribution in [0.1, 0.15) is 5.69 Å². The summed E-state index contributed by atoms with van der Waals surface area (Å²) in [5, 5.41) is 5.09. The fourth-order valence-corrected chi connectivity index (χ4v) is 0.507. The highest BCUT2D eigenvalue weighted by Gasteiger charge is 2.38. The summed E-state index contributed by atoms with van der Waals surface area (Å²) in [5.74, 6) is 0. The summed E-state index contributed by atoms with van der Waals surface area (Å²) < 4.78 is 35.1. The van der Waals surface area contributed by atoms with Crippen molar-refractivity contribution >= 4 is 0 Å². The van der Waals surface area contributed by atoms with Crippen LogP contribution in [0.25, 0.3) is 0 Å². The fraction of sp³-hybridized carbons (Fsp3) is 0.500. The van der Waals surface area contributed by atoms with Gasteiger partial charge in [0, 0.05) is 12.0 Å². The number of hydrogen-bond donors (Lipinski definition) is 1. The van der Waals surface area contributed by atoms with E-state index in [0.29, 0.717) is 5.69 Å². The topological polar surface area (TPSA) is 32.6 Å². The Balaban J connectivity index is 2.96. The van der Waals surface area contributed by atoms with Gasteiger partial charge < -0.3 is 0 Å². The maximum atomic E-state index is 11.7. The molecular formula is C4H5F3N3+. The SMILES string of the molecule is Cc1c[n+](C(F)(F)F)[nH]n1. The largest absolute Gasteiger partial charge is 0.585 e. The second kappa shape index (κ2) is 1.96. The Kier molecular flexibility index (Phi) is 1.38. The van der Waals surface area contributed by atoms with E-state index in [1.54, 1.807) is 5.21 Å². The Morgan fingerprint density at radius 3 is 2.40 bits per heavy atom. The Morgan fingerprint density at radius 2 is 2.20 bits per heavy atom. The van der Waals surface area contributed by atoms with Gasteiger partial charge >= 0.3 is 6.30 Å². The lowest BCUT2D eigenvalue weighted by Gasteiger charge is -1.95. The molecule has 1 aromatic heterocycles. The number of halogens is 3. The van der Waals surface area contributed by atoms with Crippen molar-refractivity contribution in [3.8, 4) is 0 Å². The van der Waals surface area contributed by atoms with Gasteiger partial charge in [-0.15, -0.1) is 13.2 Å². The lowest BCUT2D eigenvalue weighted by molar-refractivity contribution is -0.895. The number of rotatable bonds is 0. The second-order valence-corrected chi connectivity index (χ2v) is 1.82. The molecule has 0 spiro atoms. The molecule has 0 aromatic carbocycles. The summed E-state index contributed by atoms with van der Waals surface area (Å²) in [6.07, 6.45) is -3.51. The van der Waals surface area contributed by atoms with Crippen LogP contribution in [0.2, 0.25) is 0 Å². The van der Waals surface area contributed by atoms with Crippen LogP contribution in [-0.2, 0) is 6.30 Å². The van der Waals surface area contributed by atoms with Crippen molar-refractivity contribution in [2.75, 3.05) is 0 Å². The van der Waals surface area contributed by atoms with E-state index in [9.17, 15) is 13.2 Å². The number of H-pyrrole nitrogens is 1. The summed E-state index contributed by atoms with van der Waals surface area (Å²) in [5.41, 5.74) is 0.303. The number of aromatic amines is 1. The van der Waals surface area contributed by atoms with Crippen molar-refractivity contribution in [3.05, 3.63) is 11.9 Å². The van der Waals surface area contributed by atoms with Crippen LogP contribution in [-0.4, -0.2) is 10.3 Å². The molecule has 10 heavy (non-hydrogen) atoms. The van der Waals surface area contributed by atoms with Crippen molar-refractivity contribution in [1.82, 2.24) is 10.3 Å².